The van der Waals surface area contributed by atoms with Crippen molar-refractivity contribution < 1.29 is 65.3 Å². The molecule has 5 aromatic rings. The van der Waals surface area contributed by atoms with Crippen molar-refractivity contribution in [2.75, 3.05) is 41.3 Å². The number of carbonyl (C=O) groups is 1. The van der Waals surface area contributed by atoms with Crippen LogP contribution in [0.1, 0.15) is 63.6 Å². The topological polar surface area (TPSA) is 167 Å². The summed E-state index contributed by atoms with van der Waals surface area (Å²) in [5, 5.41) is 18.3. The normalized spacial score (nSPS) is 19.2. The van der Waals surface area contributed by atoms with Gasteiger partial charge in [-0.2, -0.15) is 18.2 Å². The largest absolute Gasteiger partial charge is 0.493 e. The molecule has 0 spiro atoms. The highest BCUT2D eigenvalue weighted by Gasteiger charge is 2.52. The molecule has 4 heterocycles. The Hall–Kier alpha value is -5.97. The van der Waals surface area contributed by atoms with Gasteiger partial charge in [-0.1, -0.05) is 10.3 Å². The number of fused-ring (bicyclic) bond motifs is 3. The van der Waals surface area contributed by atoms with Crippen LogP contribution >= 0.6 is 0 Å². The fourth-order valence-electron chi connectivity index (χ4n) is 7.53. The summed E-state index contributed by atoms with van der Waals surface area (Å²) in [6.07, 6.45) is -4.06. The number of alkyl halides is 3. The number of methoxy groups -OCH3 is 3. The molecule has 8 rings (SSSR count). The number of aliphatic hydroxyl groups excluding tert-OH is 1. The number of carbonyl (C=O) groups excluding carboxylic acids is 1. The minimum Gasteiger partial charge on any atom is -0.493 e. The van der Waals surface area contributed by atoms with Gasteiger partial charge in [-0.15, -0.1) is 0 Å². The van der Waals surface area contributed by atoms with Crippen LogP contribution in [0.4, 0.5) is 13.2 Å². The van der Waals surface area contributed by atoms with E-state index in [9.17, 15) is 23.1 Å². The van der Waals surface area contributed by atoms with Crippen LogP contribution in [0.2, 0.25) is 0 Å². The zero-order chi connectivity index (χ0) is 40.6. The van der Waals surface area contributed by atoms with Crippen LogP contribution in [0, 0.1) is 32.6 Å². The number of ether oxygens (including phenoxy) is 7. The van der Waals surface area contributed by atoms with E-state index in [1.807, 2.05) is 45.0 Å². The van der Waals surface area contributed by atoms with Crippen molar-refractivity contribution in [2.24, 2.45) is 11.8 Å². The first-order valence-electron chi connectivity index (χ1n) is 18.0. The number of cyclic esters (lactones) is 1. The number of aliphatic hydroxyl groups is 1. The zero-order valence-corrected chi connectivity index (χ0v) is 31.9. The fourth-order valence-corrected chi connectivity index (χ4v) is 7.53. The SMILES string of the molecule is COc1cc([C@@H]2c3cc4c(cc3[C@H](O)[C@H]3COC(=O)[C@H]23)OCO4)cc(OC)c1OC.Cc1cc(CCCOc2c(C)cc(-c3noc(C(F)(F)F)n3)cc2C)on1. The Kier molecular flexibility index (Phi) is 10.9. The third-order valence-electron chi connectivity index (χ3n) is 10.1. The Morgan fingerprint density at radius 1 is 0.825 bits per heavy atom. The Bertz CT molecular complexity index is 2220. The molecule has 3 aliphatic rings. The summed E-state index contributed by atoms with van der Waals surface area (Å²) in [7, 11) is 4.63. The molecule has 4 atom stereocenters. The predicted octanol–water partition coefficient (Wildman–Crippen LogP) is 7.09. The highest BCUT2D eigenvalue weighted by molar-refractivity contribution is 5.79. The molecule has 2 aliphatic heterocycles. The Morgan fingerprint density at radius 3 is 2.07 bits per heavy atom. The van der Waals surface area contributed by atoms with Crippen LogP contribution in [0.15, 0.2) is 51.5 Å². The molecule has 0 unspecified atom stereocenters. The molecule has 0 saturated carbocycles. The van der Waals surface area contributed by atoms with Crippen LogP contribution in [0.25, 0.3) is 11.4 Å². The lowest BCUT2D eigenvalue weighted by atomic mass is 9.66. The zero-order valence-electron chi connectivity index (χ0n) is 31.9. The van der Waals surface area contributed by atoms with Crippen LogP contribution in [-0.4, -0.2) is 67.7 Å². The lowest BCUT2D eigenvalue weighted by Gasteiger charge is -2.37. The van der Waals surface area contributed by atoms with Crippen molar-refractivity contribution >= 4 is 5.97 Å². The second-order valence-corrected chi connectivity index (χ2v) is 13.8. The maximum Gasteiger partial charge on any atom is 0.471 e. The average Bonchev–Trinajstić information content (AvgIpc) is 4.01. The number of rotatable bonds is 10. The van der Waals surface area contributed by atoms with Gasteiger partial charge in [-0.25, -0.2) is 0 Å². The molecule has 57 heavy (non-hydrogen) atoms. The monoisotopic (exact) mass is 795 g/mol. The van der Waals surface area contributed by atoms with Gasteiger partial charge in [-0.05, 0) is 91.4 Å². The smallest absolute Gasteiger partial charge is 0.471 e. The molecule has 1 aliphatic carbocycles. The molecule has 3 aromatic carbocycles. The number of hydrogen-bond acceptors (Lipinski definition) is 14. The molecular weight excluding hydrogens is 755 g/mol. The van der Waals surface area contributed by atoms with Crippen LogP contribution in [-0.2, 0) is 22.1 Å². The van der Waals surface area contributed by atoms with Crippen molar-refractivity contribution in [1.82, 2.24) is 15.3 Å². The van der Waals surface area contributed by atoms with E-state index in [-0.39, 0.29) is 37.0 Å². The van der Waals surface area contributed by atoms with Gasteiger partial charge >= 0.3 is 18.0 Å². The number of benzene rings is 3. The fraction of sp³-hybridized carbons (Fsp3) is 0.400. The van der Waals surface area contributed by atoms with E-state index in [1.165, 1.54) is 7.11 Å². The van der Waals surface area contributed by atoms with Crippen molar-refractivity contribution in [1.29, 1.82) is 0 Å². The van der Waals surface area contributed by atoms with Crippen LogP contribution in [0.3, 0.4) is 0 Å². The lowest BCUT2D eigenvalue weighted by Crippen LogP contribution is -2.34. The third-order valence-corrected chi connectivity index (χ3v) is 10.1. The minimum absolute atomic E-state index is 0.110. The maximum atomic E-state index is 12.7. The summed E-state index contributed by atoms with van der Waals surface area (Å²) in [4.78, 5) is 16.2. The van der Waals surface area contributed by atoms with E-state index in [4.69, 9.17) is 37.7 Å². The van der Waals surface area contributed by atoms with Crippen LogP contribution in [0.5, 0.6) is 34.5 Å². The van der Waals surface area contributed by atoms with Gasteiger partial charge < -0.3 is 47.3 Å². The summed E-state index contributed by atoms with van der Waals surface area (Å²) < 4.78 is 86.0. The van der Waals surface area contributed by atoms with Crippen molar-refractivity contribution in [3.63, 3.8) is 0 Å². The summed E-state index contributed by atoms with van der Waals surface area (Å²) in [5.41, 5.74) is 5.12. The lowest BCUT2D eigenvalue weighted by molar-refractivity contribution is -0.159. The van der Waals surface area contributed by atoms with E-state index < -0.39 is 24.1 Å². The highest BCUT2D eigenvalue weighted by Crippen LogP contribution is 2.55. The number of halogens is 3. The number of hydrogen-bond donors (Lipinski definition) is 1. The summed E-state index contributed by atoms with van der Waals surface area (Å²) >= 11 is 0. The van der Waals surface area contributed by atoms with E-state index in [1.54, 1.807) is 32.4 Å². The summed E-state index contributed by atoms with van der Waals surface area (Å²) in [6.45, 7) is 6.25. The molecule has 1 N–H and O–H groups in total. The second kappa shape index (κ2) is 15.9. The first-order chi connectivity index (χ1) is 27.3. The van der Waals surface area contributed by atoms with E-state index >= 15 is 0 Å². The van der Waals surface area contributed by atoms with Gasteiger partial charge in [0.2, 0.25) is 18.4 Å². The molecule has 0 radical (unpaired) electrons. The second-order valence-electron chi connectivity index (χ2n) is 13.8. The third kappa shape index (κ3) is 7.75. The van der Waals surface area contributed by atoms with E-state index in [2.05, 4.69) is 19.8 Å². The molecule has 17 heteroatoms. The number of aromatic nitrogens is 3. The van der Waals surface area contributed by atoms with E-state index in [0.29, 0.717) is 58.7 Å². The average molecular weight is 796 g/mol. The molecule has 0 bridgehead atoms. The number of nitrogens with zero attached hydrogens (tertiary/aromatic N) is 3. The highest BCUT2D eigenvalue weighted by atomic mass is 19.4. The first kappa shape index (κ1) is 39.3. The van der Waals surface area contributed by atoms with Crippen molar-refractivity contribution in [3.05, 3.63) is 87.6 Å². The van der Waals surface area contributed by atoms with Gasteiger partial charge in [0.15, 0.2) is 23.0 Å². The number of esters is 1. The summed E-state index contributed by atoms with van der Waals surface area (Å²) in [5.74, 6) is 1.00. The molecule has 2 aromatic heterocycles. The molecule has 0 amide bonds. The number of aryl methyl sites for hydroxylation is 4. The molecule has 14 nitrogen and oxygen atoms in total. The Labute approximate surface area is 324 Å². The quantitative estimate of drug-likeness (QED) is 0.112. The standard InChI is InChI=1S/C22H22O8.C18H18F3N3O3/c1-25-16-4-10(5-17(26-2)21(16)27-3)18-11-6-14-15(30-9-29-14)7-12(11)20(23)13-8-28-22(24)19(13)18;1-10-7-13(16-22-17(27-24-16)18(19,20)21)8-11(2)15(10)25-6-4-5-14-9-12(3)23-26-14/h4-7,13,18-20,23H,8-9H2,1-3H3;7-9H,4-6H2,1-3H3/t13-,18+,19-,20-;/m0./s1. The van der Waals surface area contributed by atoms with Gasteiger partial charge in [0.05, 0.1) is 52.3 Å². The van der Waals surface area contributed by atoms with Gasteiger partial charge in [0.25, 0.3) is 0 Å². The minimum atomic E-state index is -4.67. The van der Waals surface area contributed by atoms with Crippen LogP contribution < -0.4 is 28.4 Å². The molecule has 1 fully saturated rings. The Balaban J connectivity index is 0.000000175. The van der Waals surface area contributed by atoms with Crippen molar-refractivity contribution in [3.8, 4) is 45.9 Å². The maximum absolute atomic E-state index is 12.7. The Morgan fingerprint density at radius 2 is 1.49 bits per heavy atom. The van der Waals surface area contributed by atoms with E-state index in [0.717, 1.165) is 40.1 Å². The van der Waals surface area contributed by atoms with Gasteiger partial charge in [0, 0.05) is 29.9 Å². The first-order valence-corrected chi connectivity index (χ1v) is 18.0. The summed E-state index contributed by atoms with van der Waals surface area (Å²) in [6, 6.07) is 12.5. The molecule has 1 saturated heterocycles. The van der Waals surface area contributed by atoms with Crippen molar-refractivity contribution in [2.45, 2.75) is 51.8 Å². The molecule has 302 valence electrons. The van der Waals surface area contributed by atoms with Gasteiger partial charge in [0.1, 0.15) is 11.5 Å². The van der Waals surface area contributed by atoms with Gasteiger partial charge in [-0.3, -0.25) is 4.79 Å². The molecular formula is C40H40F3N3O11. The predicted molar refractivity (Wildman–Crippen MR) is 193 cm³/mol.